The van der Waals surface area contributed by atoms with E-state index in [0.29, 0.717) is 28.5 Å². The normalized spacial score (nSPS) is 11.0. The summed E-state index contributed by atoms with van der Waals surface area (Å²) in [6, 6.07) is 11.1. The van der Waals surface area contributed by atoms with Crippen LogP contribution in [0.2, 0.25) is 0 Å². The van der Waals surface area contributed by atoms with Crippen molar-refractivity contribution in [1.82, 2.24) is 5.43 Å². The number of methoxy groups -OCH3 is 3. The van der Waals surface area contributed by atoms with E-state index in [-0.39, 0.29) is 5.91 Å². The van der Waals surface area contributed by atoms with Crippen molar-refractivity contribution in [2.75, 3.05) is 21.3 Å². The molecule has 0 atom stereocenters. The van der Waals surface area contributed by atoms with E-state index >= 15 is 0 Å². The van der Waals surface area contributed by atoms with Gasteiger partial charge in [0.1, 0.15) is 0 Å². The molecule has 1 amide bonds. The molecule has 0 radical (unpaired) electrons. The monoisotopic (exact) mass is 342 g/mol. The average Bonchev–Trinajstić information content (AvgIpc) is 2.64. The first-order valence-corrected chi connectivity index (χ1v) is 7.71. The third kappa shape index (κ3) is 4.29. The Morgan fingerprint density at radius 2 is 1.60 bits per heavy atom. The summed E-state index contributed by atoms with van der Waals surface area (Å²) in [6.45, 7) is 3.84. The number of hydrogen-bond donors (Lipinski definition) is 1. The molecule has 25 heavy (non-hydrogen) atoms. The highest BCUT2D eigenvalue weighted by Gasteiger charge is 2.16. The van der Waals surface area contributed by atoms with Crippen molar-refractivity contribution in [1.29, 1.82) is 0 Å². The summed E-state index contributed by atoms with van der Waals surface area (Å²) in [5.41, 5.74) is 5.70. The van der Waals surface area contributed by atoms with Crippen molar-refractivity contribution in [3.8, 4) is 17.2 Å². The van der Waals surface area contributed by atoms with Gasteiger partial charge in [-0.1, -0.05) is 29.8 Å². The molecule has 1 N–H and O–H groups in total. The number of benzene rings is 2. The first kappa shape index (κ1) is 18.3. The van der Waals surface area contributed by atoms with Crippen LogP contribution in [0.5, 0.6) is 17.2 Å². The van der Waals surface area contributed by atoms with E-state index in [1.165, 1.54) is 21.3 Å². The highest BCUT2D eigenvalue weighted by atomic mass is 16.5. The second-order valence-corrected chi connectivity index (χ2v) is 5.42. The molecule has 0 bridgehead atoms. The number of hydrazone groups is 1. The molecule has 0 unspecified atom stereocenters. The fourth-order valence-corrected chi connectivity index (χ4v) is 2.35. The highest BCUT2D eigenvalue weighted by Crippen LogP contribution is 2.38. The number of nitrogens with one attached hydrogen (secondary N) is 1. The minimum atomic E-state index is -0.369. The summed E-state index contributed by atoms with van der Waals surface area (Å²) in [7, 11) is 4.51. The van der Waals surface area contributed by atoms with Gasteiger partial charge in [0.05, 0.1) is 27.0 Å². The van der Waals surface area contributed by atoms with Crippen LogP contribution in [0.15, 0.2) is 41.5 Å². The smallest absolute Gasteiger partial charge is 0.271 e. The zero-order valence-electron chi connectivity index (χ0n) is 15.0. The Morgan fingerprint density at radius 1 is 0.960 bits per heavy atom. The molecule has 6 heteroatoms. The molecule has 0 aliphatic rings. The maximum absolute atomic E-state index is 12.4. The lowest BCUT2D eigenvalue weighted by Crippen LogP contribution is -2.19. The van der Waals surface area contributed by atoms with Crippen molar-refractivity contribution in [3.05, 3.63) is 53.1 Å². The number of nitrogens with zero attached hydrogens (tertiary/aromatic N) is 1. The van der Waals surface area contributed by atoms with Crippen LogP contribution in [-0.2, 0) is 0 Å². The standard InChI is InChI=1S/C19H22N2O4/c1-12-7-6-8-14(9-12)13(2)20-21-19(22)15-10-16(23-3)18(25-5)17(11-15)24-4/h6-11H,1-5H3,(H,21,22)/b20-13+. The predicted octanol–water partition coefficient (Wildman–Crippen LogP) is 3.17. The van der Waals surface area contributed by atoms with Crippen molar-refractivity contribution >= 4 is 11.6 Å². The van der Waals surface area contributed by atoms with E-state index in [2.05, 4.69) is 10.5 Å². The van der Waals surface area contributed by atoms with Gasteiger partial charge in [-0.25, -0.2) is 5.43 Å². The number of aryl methyl sites for hydroxylation is 1. The summed E-state index contributed by atoms with van der Waals surface area (Å²) < 4.78 is 15.8. The molecule has 6 nitrogen and oxygen atoms in total. The van der Waals surface area contributed by atoms with Crippen LogP contribution in [0.4, 0.5) is 0 Å². The van der Waals surface area contributed by atoms with Crippen LogP contribution in [0, 0.1) is 6.92 Å². The Morgan fingerprint density at radius 3 is 2.12 bits per heavy atom. The van der Waals surface area contributed by atoms with Gasteiger partial charge in [0.2, 0.25) is 5.75 Å². The topological polar surface area (TPSA) is 69.2 Å². The number of hydrogen-bond acceptors (Lipinski definition) is 5. The first-order valence-electron chi connectivity index (χ1n) is 7.71. The Hall–Kier alpha value is -3.02. The minimum absolute atomic E-state index is 0.357. The van der Waals surface area contributed by atoms with E-state index in [1.807, 2.05) is 38.1 Å². The molecular weight excluding hydrogens is 320 g/mol. The molecule has 0 fully saturated rings. The van der Waals surface area contributed by atoms with Gasteiger partial charge in [-0.3, -0.25) is 4.79 Å². The number of rotatable bonds is 6. The molecule has 0 saturated carbocycles. The number of ether oxygens (including phenoxy) is 3. The zero-order chi connectivity index (χ0) is 18.4. The van der Waals surface area contributed by atoms with Gasteiger partial charge >= 0.3 is 0 Å². The molecule has 132 valence electrons. The van der Waals surface area contributed by atoms with Crippen LogP contribution in [0.25, 0.3) is 0 Å². The second-order valence-electron chi connectivity index (χ2n) is 5.42. The van der Waals surface area contributed by atoms with Crippen LogP contribution in [0.3, 0.4) is 0 Å². The Kier molecular flexibility index (Phi) is 6.00. The largest absolute Gasteiger partial charge is 0.493 e. The Bertz CT molecular complexity index is 775. The van der Waals surface area contributed by atoms with Gasteiger partial charge in [0.25, 0.3) is 5.91 Å². The lowest BCUT2D eigenvalue weighted by atomic mass is 10.1. The van der Waals surface area contributed by atoms with Crippen molar-refractivity contribution in [3.63, 3.8) is 0 Å². The van der Waals surface area contributed by atoms with Gasteiger partial charge in [0, 0.05) is 5.56 Å². The van der Waals surface area contributed by atoms with E-state index < -0.39 is 0 Å². The van der Waals surface area contributed by atoms with Crippen molar-refractivity contribution in [2.45, 2.75) is 13.8 Å². The van der Waals surface area contributed by atoms with E-state index in [1.54, 1.807) is 12.1 Å². The van der Waals surface area contributed by atoms with E-state index in [0.717, 1.165) is 11.1 Å². The number of carbonyl (C=O) groups is 1. The molecule has 0 aliphatic heterocycles. The maximum atomic E-state index is 12.4. The third-order valence-corrected chi connectivity index (χ3v) is 3.69. The lowest BCUT2D eigenvalue weighted by molar-refractivity contribution is 0.0954. The maximum Gasteiger partial charge on any atom is 0.271 e. The SMILES string of the molecule is COc1cc(C(=O)N/N=C(\C)c2cccc(C)c2)cc(OC)c1OC. The summed E-state index contributed by atoms with van der Waals surface area (Å²) in [6.07, 6.45) is 0. The molecule has 0 aromatic heterocycles. The summed E-state index contributed by atoms with van der Waals surface area (Å²) in [4.78, 5) is 12.4. The van der Waals surface area contributed by atoms with Crippen LogP contribution in [-0.4, -0.2) is 32.9 Å². The van der Waals surface area contributed by atoms with Gasteiger partial charge < -0.3 is 14.2 Å². The first-order chi connectivity index (χ1) is 12.0. The molecule has 0 aliphatic carbocycles. The average molecular weight is 342 g/mol. The zero-order valence-corrected chi connectivity index (χ0v) is 15.0. The fourth-order valence-electron chi connectivity index (χ4n) is 2.35. The Labute approximate surface area is 147 Å². The third-order valence-electron chi connectivity index (χ3n) is 3.69. The fraction of sp³-hybridized carbons (Fsp3) is 0.263. The minimum Gasteiger partial charge on any atom is -0.493 e. The summed E-state index contributed by atoms with van der Waals surface area (Å²) in [5.74, 6) is 0.880. The van der Waals surface area contributed by atoms with Crippen molar-refractivity contribution < 1.29 is 19.0 Å². The molecule has 0 saturated heterocycles. The molecule has 2 aromatic carbocycles. The van der Waals surface area contributed by atoms with Gasteiger partial charge in [-0.15, -0.1) is 0 Å². The van der Waals surface area contributed by atoms with Crippen molar-refractivity contribution in [2.24, 2.45) is 5.10 Å². The summed E-state index contributed by atoms with van der Waals surface area (Å²) in [5, 5.41) is 4.17. The highest BCUT2D eigenvalue weighted by molar-refractivity contribution is 6.01. The van der Waals surface area contributed by atoms with Gasteiger partial charge in [-0.2, -0.15) is 5.10 Å². The molecule has 2 rings (SSSR count). The van der Waals surface area contributed by atoms with Crippen LogP contribution < -0.4 is 19.6 Å². The number of amides is 1. The molecule has 0 heterocycles. The lowest BCUT2D eigenvalue weighted by Gasteiger charge is -2.13. The van der Waals surface area contributed by atoms with E-state index in [9.17, 15) is 4.79 Å². The van der Waals surface area contributed by atoms with Gasteiger partial charge in [-0.05, 0) is 31.5 Å². The number of carbonyl (C=O) groups excluding carboxylic acids is 1. The van der Waals surface area contributed by atoms with E-state index in [4.69, 9.17) is 14.2 Å². The van der Waals surface area contributed by atoms with Crippen LogP contribution >= 0.6 is 0 Å². The molecule has 0 spiro atoms. The Balaban J connectivity index is 2.24. The predicted molar refractivity (Wildman–Crippen MR) is 97.0 cm³/mol. The summed E-state index contributed by atoms with van der Waals surface area (Å²) >= 11 is 0. The van der Waals surface area contributed by atoms with Crippen LogP contribution in [0.1, 0.15) is 28.4 Å². The quantitative estimate of drug-likeness (QED) is 0.647. The molecular formula is C19H22N2O4. The second kappa shape index (κ2) is 8.19. The van der Waals surface area contributed by atoms with Gasteiger partial charge in [0.15, 0.2) is 11.5 Å². The molecule has 2 aromatic rings.